The molecule has 0 radical (unpaired) electrons. The van der Waals surface area contributed by atoms with Crippen molar-refractivity contribution in [1.29, 1.82) is 0 Å². The molecule has 31 heavy (non-hydrogen) atoms. The van der Waals surface area contributed by atoms with E-state index >= 15 is 0 Å². The molecule has 0 atom stereocenters. The van der Waals surface area contributed by atoms with Crippen LogP contribution in [0.1, 0.15) is 73.0 Å². The minimum Gasteiger partial charge on any atom is -0.461 e. The van der Waals surface area contributed by atoms with Crippen LogP contribution in [0.2, 0.25) is 0 Å². The molecule has 0 bridgehead atoms. The van der Waals surface area contributed by atoms with Crippen LogP contribution in [0.15, 0.2) is 24.3 Å². The van der Waals surface area contributed by atoms with E-state index in [1.165, 1.54) is 0 Å². The number of aryl methyl sites for hydroxylation is 1. The Morgan fingerprint density at radius 1 is 1.13 bits per heavy atom. The number of nitrogens with two attached hydrogens (primary N) is 1. The number of ether oxygens (including phenoxy) is 2. The van der Waals surface area contributed by atoms with Gasteiger partial charge in [-0.2, -0.15) is 0 Å². The molecule has 1 aromatic heterocycles. The minimum absolute atomic E-state index is 0.0826. The lowest BCUT2D eigenvalue weighted by Crippen LogP contribution is -2.28. The molecule has 170 valence electrons. The van der Waals surface area contributed by atoms with E-state index < -0.39 is 17.5 Å². The van der Waals surface area contributed by atoms with Crippen LogP contribution in [0, 0.1) is 6.92 Å². The number of carbonyl (C=O) groups excluding carboxylic acids is 2. The number of esters is 2. The predicted octanol–water partition coefficient (Wildman–Crippen LogP) is 4.41. The number of hydrogen-bond donors (Lipinski definition) is 1. The predicted molar refractivity (Wildman–Crippen MR) is 124 cm³/mol. The second-order valence-corrected chi connectivity index (χ2v) is 8.62. The molecule has 0 unspecified atom stereocenters. The molecule has 7 heteroatoms. The summed E-state index contributed by atoms with van der Waals surface area (Å²) in [5.41, 5.74) is 8.27. The van der Waals surface area contributed by atoms with Crippen LogP contribution in [-0.2, 0) is 16.0 Å². The summed E-state index contributed by atoms with van der Waals surface area (Å²) >= 11 is 0. The van der Waals surface area contributed by atoms with Crippen LogP contribution in [-0.4, -0.2) is 42.3 Å². The lowest BCUT2D eigenvalue weighted by molar-refractivity contribution is 0.00714. The van der Waals surface area contributed by atoms with Gasteiger partial charge in [-0.25, -0.2) is 9.59 Å². The van der Waals surface area contributed by atoms with Crippen molar-refractivity contribution < 1.29 is 19.1 Å². The van der Waals surface area contributed by atoms with Crippen molar-refractivity contribution in [2.75, 3.05) is 30.8 Å². The topological polar surface area (TPSA) is 86.8 Å². The lowest BCUT2D eigenvalue weighted by atomic mass is 10.1. The maximum absolute atomic E-state index is 13.2. The number of nitrogens with zero attached hydrogens (tertiary/aromatic N) is 2. The first-order valence-electron chi connectivity index (χ1n) is 10.7. The summed E-state index contributed by atoms with van der Waals surface area (Å²) in [7, 11) is 1.88. The van der Waals surface area contributed by atoms with Gasteiger partial charge in [0.15, 0.2) is 5.69 Å². The summed E-state index contributed by atoms with van der Waals surface area (Å²) in [6, 6.07) is 7.92. The smallest absolute Gasteiger partial charge is 0.357 e. The molecule has 1 heterocycles. The number of aromatic nitrogens is 1. The van der Waals surface area contributed by atoms with Gasteiger partial charge >= 0.3 is 11.9 Å². The van der Waals surface area contributed by atoms with Crippen LogP contribution in [0.3, 0.4) is 0 Å². The SMILES string of the molecule is CCCN(C)c1c(C(=O)OC(C)(C)C)c(N)c(C(=O)OCC)n1Cc1ccccc1C. The fourth-order valence-corrected chi connectivity index (χ4v) is 3.53. The number of benzene rings is 1. The van der Waals surface area contributed by atoms with Crippen molar-refractivity contribution >= 4 is 23.4 Å². The summed E-state index contributed by atoms with van der Waals surface area (Å²) in [6.45, 7) is 12.4. The number of nitrogen functional groups attached to an aromatic ring is 1. The molecule has 0 aliphatic heterocycles. The van der Waals surface area contributed by atoms with Crippen molar-refractivity contribution in [2.45, 2.75) is 60.1 Å². The normalized spacial score (nSPS) is 11.3. The summed E-state index contributed by atoms with van der Waals surface area (Å²) in [5, 5.41) is 0. The number of anilines is 2. The standard InChI is InChI=1S/C24H35N3O4/c1-8-14-26(7)21-18(22(28)31-24(4,5)6)19(25)20(23(29)30-9-2)27(21)15-17-13-11-10-12-16(17)3/h10-13H,8-9,14-15,25H2,1-7H3. The zero-order valence-electron chi connectivity index (χ0n) is 19.7. The van der Waals surface area contributed by atoms with E-state index in [9.17, 15) is 9.59 Å². The summed E-state index contributed by atoms with van der Waals surface area (Å²) < 4.78 is 12.7. The van der Waals surface area contributed by atoms with E-state index in [1.54, 1.807) is 32.3 Å². The van der Waals surface area contributed by atoms with Crippen molar-refractivity contribution in [1.82, 2.24) is 4.57 Å². The Bertz CT molecular complexity index is 941. The molecule has 0 spiro atoms. The highest BCUT2D eigenvalue weighted by molar-refractivity contribution is 6.08. The zero-order valence-corrected chi connectivity index (χ0v) is 19.7. The molecule has 0 aliphatic rings. The molecule has 1 aromatic carbocycles. The van der Waals surface area contributed by atoms with Gasteiger partial charge in [0.25, 0.3) is 0 Å². The van der Waals surface area contributed by atoms with E-state index in [0.29, 0.717) is 18.9 Å². The van der Waals surface area contributed by atoms with E-state index in [1.807, 2.05) is 50.1 Å². The average molecular weight is 430 g/mol. The molecule has 7 nitrogen and oxygen atoms in total. The van der Waals surface area contributed by atoms with Gasteiger partial charge in [0, 0.05) is 13.6 Å². The molecule has 0 aliphatic carbocycles. The lowest BCUT2D eigenvalue weighted by Gasteiger charge is -2.25. The number of hydrogen-bond acceptors (Lipinski definition) is 6. The third-order valence-corrected chi connectivity index (χ3v) is 4.86. The molecule has 0 amide bonds. The fraction of sp³-hybridized carbons (Fsp3) is 0.500. The number of carbonyl (C=O) groups is 2. The minimum atomic E-state index is -0.702. The highest BCUT2D eigenvalue weighted by Crippen LogP contribution is 2.36. The first-order chi connectivity index (χ1) is 14.5. The highest BCUT2D eigenvalue weighted by atomic mass is 16.6. The Kier molecular flexibility index (Phi) is 7.76. The first-order valence-corrected chi connectivity index (χ1v) is 10.7. The number of rotatable bonds is 8. The third-order valence-electron chi connectivity index (χ3n) is 4.86. The summed E-state index contributed by atoms with van der Waals surface area (Å²) in [6.07, 6.45) is 0.856. The Balaban J connectivity index is 2.79. The van der Waals surface area contributed by atoms with Crippen molar-refractivity contribution in [3.63, 3.8) is 0 Å². The Labute approximate surface area is 185 Å². The second-order valence-electron chi connectivity index (χ2n) is 8.62. The van der Waals surface area contributed by atoms with E-state index in [2.05, 4.69) is 0 Å². The molecule has 0 fully saturated rings. The van der Waals surface area contributed by atoms with Crippen molar-refractivity contribution in [3.05, 3.63) is 46.6 Å². The summed E-state index contributed by atoms with van der Waals surface area (Å²) in [4.78, 5) is 28.0. The molecule has 0 saturated carbocycles. The third kappa shape index (κ3) is 5.60. The quantitative estimate of drug-likeness (QED) is 0.626. The van der Waals surface area contributed by atoms with Gasteiger partial charge in [-0.05, 0) is 52.2 Å². The van der Waals surface area contributed by atoms with Gasteiger partial charge in [-0.3, -0.25) is 0 Å². The van der Waals surface area contributed by atoms with Crippen LogP contribution >= 0.6 is 0 Å². The fourth-order valence-electron chi connectivity index (χ4n) is 3.53. The Morgan fingerprint density at radius 3 is 2.32 bits per heavy atom. The maximum atomic E-state index is 13.2. The monoisotopic (exact) mass is 429 g/mol. The first kappa shape index (κ1) is 24.3. The van der Waals surface area contributed by atoms with E-state index in [-0.39, 0.29) is 23.6 Å². The molecular weight excluding hydrogens is 394 g/mol. The van der Waals surface area contributed by atoms with Gasteiger partial charge < -0.3 is 24.7 Å². The van der Waals surface area contributed by atoms with Gasteiger partial charge in [0.05, 0.1) is 18.8 Å². The second kappa shape index (κ2) is 9.90. The van der Waals surface area contributed by atoms with Gasteiger partial charge in [-0.15, -0.1) is 0 Å². The van der Waals surface area contributed by atoms with Gasteiger partial charge in [-0.1, -0.05) is 31.2 Å². The largest absolute Gasteiger partial charge is 0.461 e. The van der Waals surface area contributed by atoms with Crippen LogP contribution in [0.25, 0.3) is 0 Å². The molecule has 2 rings (SSSR count). The van der Waals surface area contributed by atoms with Gasteiger partial charge in [0.2, 0.25) is 0 Å². The maximum Gasteiger partial charge on any atom is 0.357 e. The van der Waals surface area contributed by atoms with Crippen molar-refractivity contribution in [2.24, 2.45) is 0 Å². The van der Waals surface area contributed by atoms with E-state index in [4.69, 9.17) is 15.2 Å². The molecule has 0 saturated heterocycles. The summed E-state index contributed by atoms with van der Waals surface area (Å²) in [5.74, 6) is -0.563. The molecule has 2 aromatic rings. The van der Waals surface area contributed by atoms with Crippen LogP contribution in [0.5, 0.6) is 0 Å². The van der Waals surface area contributed by atoms with Crippen LogP contribution in [0.4, 0.5) is 11.5 Å². The van der Waals surface area contributed by atoms with Gasteiger partial charge in [0.1, 0.15) is 17.0 Å². The highest BCUT2D eigenvalue weighted by Gasteiger charge is 2.34. The van der Waals surface area contributed by atoms with Crippen LogP contribution < -0.4 is 10.6 Å². The van der Waals surface area contributed by atoms with E-state index in [0.717, 1.165) is 17.5 Å². The van der Waals surface area contributed by atoms with Crippen molar-refractivity contribution in [3.8, 4) is 0 Å². The molecular formula is C24H35N3O4. The average Bonchev–Trinajstić information content (AvgIpc) is 2.95. The zero-order chi connectivity index (χ0) is 23.3. The Morgan fingerprint density at radius 2 is 1.77 bits per heavy atom. The Hall–Kier alpha value is -2.96. The molecule has 2 N–H and O–H groups in total.